The molecule has 1 aromatic carbocycles. The Morgan fingerprint density at radius 2 is 2.29 bits per heavy atom. The maximum absolute atomic E-state index is 5.62. The molecule has 0 radical (unpaired) electrons. The van der Waals surface area contributed by atoms with Crippen LogP contribution in [0, 0.1) is 0 Å². The van der Waals surface area contributed by atoms with Gasteiger partial charge in [0.15, 0.2) is 0 Å². The van der Waals surface area contributed by atoms with E-state index < -0.39 is 0 Å². The number of ether oxygens (including phenoxy) is 1. The van der Waals surface area contributed by atoms with E-state index in [1.807, 2.05) is 0 Å². The molecule has 0 bridgehead atoms. The first-order chi connectivity index (χ1) is 8.36. The summed E-state index contributed by atoms with van der Waals surface area (Å²) in [6.45, 7) is 3.49. The molecule has 0 aliphatic heterocycles. The highest BCUT2D eigenvalue weighted by atomic mass is 32.1. The highest BCUT2D eigenvalue weighted by molar-refractivity contribution is 7.17. The minimum absolute atomic E-state index is 0.0592. The third-order valence-electron chi connectivity index (χ3n) is 2.72. The number of hydrazine groups is 1. The minimum Gasteiger partial charge on any atom is -0.379 e. The summed E-state index contributed by atoms with van der Waals surface area (Å²) in [5.41, 5.74) is 4.06. The molecule has 0 aliphatic rings. The molecule has 0 aliphatic carbocycles. The van der Waals surface area contributed by atoms with Crippen molar-refractivity contribution in [1.29, 1.82) is 0 Å². The zero-order valence-corrected chi connectivity index (χ0v) is 10.8. The second-order valence-electron chi connectivity index (χ2n) is 3.98. The Kier molecular flexibility index (Phi) is 4.50. The molecular formula is C13H18N2OS. The molecule has 92 valence electrons. The Morgan fingerprint density at radius 1 is 1.41 bits per heavy atom. The van der Waals surface area contributed by atoms with Gasteiger partial charge in [0.2, 0.25) is 0 Å². The van der Waals surface area contributed by atoms with Crippen LogP contribution in [0.25, 0.3) is 10.1 Å². The van der Waals surface area contributed by atoms with E-state index in [1.54, 1.807) is 11.3 Å². The summed E-state index contributed by atoms with van der Waals surface area (Å²) in [5.74, 6) is 5.62. The van der Waals surface area contributed by atoms with Crippen LogP contribution in [0.3, 0.4) is 0 Å². The van der Waals surface area contributed by atoms with Crippen LogP contribution < -0.4 is 11.3 Å². The maximum Gasteiger partial charge on any atom is 0.0707 e. The van der Waals surface area contributed by atoms with Crippen molar-refractivity contribution in [3.05, 3.63) is 35.2 Å². The van der Waals surface area contributed by atoms with Crippen LogP contribution in [0.4, 0.5) is 0 Å². The van der Waals surface area contributed by atoms with E-state index in [0.29, 0.717) is 6.61 Å². The zero-order valence-electron chi connectivity index (χ0n) is 9.98. The van der Waals surface area contributed by atoms with Gasteiger partial charge in [0.25, 0.3) is 0 Å². The molecule has 0 saturated carbocycles. The Balaban J connectivity index is 2.20. The van der Waals surface area contributed by atoms with Crippen LogP contribution in [0.15, 0.2) is 29.6 Å². The number of thiophene rings is 1. The van der Waals surface area contributed by atoms with E-state index in [4.69, 9.17) is 10.6 Å². The molecular weight excluding hydrogens is 232 g/mol. The molecule has 0 saturated heterocycles. The summed E-state index contributed by atoms with van der Waals surface area (Å²) >= 11 is 1.75. The van der Waals surface area contributed by atoms with Gasteiger partial charge in [-0.1, -0.05) is 25.1 Å². The number of fused-ring (bicyclic) bond motifs is 1. The molecule has 2 rings (SSSR count). The Morgan fingerprint density at radius 3 is 3.06 bits per heavy atom. The van der Waals surface area contributed by atoms with E-state index in [1.165, 1.54) is 15.6 Å². The molecule has 1 unspecified atom stereocenters. The monoisotopic (exact) mass is 250 g/mol. The predicted octanol–water partition coefficient (Wildman–Crippen LogP) is 2.83. The van der Waals surface area contributed by atoms with Gasteiger partial charge >= 0.3 is 0 Å². The Hall–Kier alpha value is -0.940. The first-order valence-corrected chi connectivity index (χ1v) is 6.74. The first kappa shape index (κ1) is 12.5. The molecule has 1 atom stereocenters. The van der Waals surface area contributed by atoms with Crippen molar-refractivity contribution in [1.82, 2.24) is 5.43 Å². The Bertz CT molecular complexity index is 469. The molecule has 0 amide bonds. The number of hydrogen-bond acceptors (Lipinski definition) is 4. The van der Waals surface area contributed by atoms with Gasteiger partial charge in [-0.2, -0.15) is 0 Å². The molecule has 2 aromatic rings. The number of rotatable bonds is 6. The fraction of sp³-hybridized carbons (Fsp3) is 0.385. The second kappa shape index (κ2) is 6.12. The topological polar surface area (TPSA) is 47.3 Å². The van der Waals surface area contributed by atoms with Crippen molar-refractivity contribution in [2.45, 2.75) is 19.4 Å². The summed E-state index contributed by atoms with van der Waals surface area (Å²) in [7, 11) is 0. The highest BCUT2D eigenvalue weighted by Crippen LogP contribution is 2.28. The summed E-state index contributed by atoms with van der Waals surface area (Å²) < 4.78 is 6.87. The molecule has 1 aromatic heterocycles. The number of hydrogen-bond donors (Lipinski definition) is 2. The molecule has 3 N–H and O–H groups in total. The van der Waals surface area contributed by atoms with Crippen molar-refractivity contribution >= 4 is 21.4 Å². The lowest BCUT2D eigenvalue weighted by molar-refractivity contribution is 0.112. The van der Waals surface area contributed by atoms with E-state index >= 15 is 0 Å². The summed E-state index contributed by atoms with van der Waals surface area (Å²) in [6.07, 6.45) is 1.03. The van der Waals surface area contributed by atoms with E-state index in [9.17, 15) is 0 Å². The predicted molar refractivity (Wildman–Crippen MR) is 73.0 cm³/mol. The minimum atomic E-state index is 0.0592. The number of benzene rings is 1. The van der Waals surface area contributed by atoms with Crippen molar-refractivity contribution in [2.24, 2.45) is 5.84 Å². The summed E-state index contributed by atoms with van der Waals surface area (Å²) in [6, 6.07) is 8.48. The number of nitrogens with one attached hydrogen (secondary N) is 1. The molecule has 0 fully saturated rings. The average Bonchev–Trinajstić information content (AvgIpc) is 2.83. The van der Waals surface area contributed by atoms with Crippen LogP contribution in [-0.2, 0) is 4.74 Å². The average molecular weight is 250 g/mol. The first-order valence-electron chi connectivity index (χ1n) is 5.86. The van der Waals surface area contributed by atoms with Gasteiger partial charge < -0.3 is 4.74 Å². The van der Waals surface area contributed by atoms with Crippen LogP contribution in [-0.4, -0.2) is 13.2 Å². The molecule has 17 heavy (non-hydrogen) atoms. The fourth-order valence-electron chi connectivity index (χ4n) is 1.86. The van der Waals surface area contributed by atoms with Gasteiger partial charge in [-0.15, -0.1) is 11.3 Å². The van der Waals surface area contributed by atoms with E-state index in [0.717, 1.165) is 13.0 Å². The van der Waals surface area contributed by atoms with Gasteiger partial charge in [0.1, 0.15) is 0 Å². The van der Waals surface area contributed by atoms with Crippen molar-refractivity contribution in [3.63, 3.8) is 0 Å². The molecule has 3 nitrogen and oxygen atoms in total. The van der Waals surface area contributed by atoms with E-state index in [-0.39, 0.29) is 6.04 Å². The maximum atomic E-state index is 5.62. The second-order valence-corrected chi connectivity index (χ2v) is 4.90. The standard InChI is InChI=1S/C13H18N2OS/c1-2-7-16-9-12(15-14)11-5-3-4-10-6-8-17-13(10)11/h3-6,8,12,15H,2,7,9,14H2,1H3. The van der Waals surface area contributed by atoms with Gasteiger partial charge in [-0.3, -0.25) is 11.3 Å². The summed E-state index contributed by atoms with van der Waals surface area (Å²) in [4.78, 5) is 0. The van der Waals surface area contributed by atoms with Crippen molar-refractivity contribution < 1.29 is 4.74 Å². The van der Waals surface area contributed by atoms with Gasteiger partial charge in [-0.05, 0) is 28.8 Å². The largest absolute Gasteiger partial charge is 0.379 e. The number of nitrogens with two attached hydrogens (primary N) is 1. The molecule has 1 heterocycles. The lowest BCUT2D eigenvalue weighted by Crippen LogP contribution is -2.31. The third-order valence-corrected chi connectivity index (χ3v) is 3.70. The third kappa shape index (κ3) is 2.84. The van der Waals surface area contributed by atoms with Crippen LogP contribution >= 0.6 is 11.3 Å². The lowest BCUT2D eigenvalue weighted by Gasteiger charge is -2.17. The van der Waals surface area contributed by atoms with Gasteiger partial charge in [-0.25, -0.2) is 0 Å². The molecule has 0 spiro atoms. The smallest absolute Gasteiger partial charge is 0.0707 e. The Labute approximate surface area is 106 Å². The van der Waals surface area contributed by atoms with Crippen molar-refractivity contribution in [2.75, 3.05) is 13.2 Å². The quantitative estimate of drug-likeness (QED) is 0.471. The van der Waals surface area contributed by atoms with Gasteiger partial charge in [0.05, 0.1) is 12.6 Å². The summed E-state index contributed by atoms with van der Waals surface area (Å²) in [5, 5.41) is 3.37. The lowest BCUT2D eigenvalue weighted by atomic mass is 10.1. The normalized spacial score (nSPS) is 13.1. The van der Waals surface area contributed by atoms with Crippen LogP contribution in [0.2, 0.25) is 0 Å². The van der Waals surface area contributed by atoms with Crippen LogP contribution in [0.1, 0.15) is 24.9 Å². The molecule has 4 heteroatoms. The van der Waals surface area contributed by atoms with Gasteiger partial charge in [0, 0.05) is 11.3 Å². The SMILES string of the molecule is CCCOCC(NN)c1cccc2ccsc12. The van der Waals surface area contributed by atoms with Crippen LogP contribution in [0.5, 0.6) is 0 Å². The zero-order chi connectivity index (χ0) is 12.1. The highest BCUT2D eigenvalue weighted by Gasteiger charge is 2.13. The van der Waals surface area contributed by atoms with Crippen molar-refractivity contribution in [3.8, 4) is 0 Å². The fourth-order valence-corrected chi connectivity index (χ4v) is 2.83. The van der Waals surface area contributed by atoms with E-state index in [2.05, 4.69) is 42.0 Å².